The Morgan fingerprint density at radius 1 is 1.35 bits per heavy atom. The average molecular weight is 337 g/mol. The Hall–Kier alpha value is -1.62. The van der Waals surface area contributed by atoms with Crippen molar-refractivity contribution < 1.29 is 9.21 Å². The molecule has 0 aliphatic rings. The minimum Gasteiger partial charge on any atom is -0.459 e. The quantitative estimate of drug-likeness (QED) is 0.843. The van der Waals surface area contributed by atoms with Crippen LogP contribution >= 0.6 is 15.9 Å². The zero-order valence-electron chi connectivity index (χ0n) is 12.0. The van der Waals surface area contributed by atoms with Crippen molar-refractivity contribution in [2.75, 3.05) is 5.32 Å². The van der Waals surface area contributed by atoms with Gasteiger partial charge in [-0.15, -0.1) is 0 Å². The van der Waals surface area contributed by atoms with E-state index in [0.717, 1.165) is 27.1 Å². The summed E-state index contributed by atoms with van der Waals surface area (Å²) in [6, 6.07) is 3.65. The highest BCUT2D eigenvalue weighted by atomic mass is 79.9. The van der Waals surface area contributed by atoms with Crippen molar-refractivity contribution in [2.24, 2.45) is 0 Å². The van der Waals surface area contributed by atoms with Gasteiger partial charge in [-0.1, -0.05) is 13.8 Å². The fraction of sp³-hybridized carbons (Fsp3) is 0.333. The Morgan fingerprint density at radius 2 is 2.05 bits per heavy atom. The predicted molar refractivity (Wildman–Crippen MR) is 82.2 cm³/mol. The lowest BCUT2D eigenvalue weighted by Crippen LogP contribution is -2.16. The molecule has 4 nitrogen and oxygen atoms in total. The van der Waals surface area contributed by atoms with E-state index >= 15 is 0 Å². The first-order chi connectivity index (χ1) is 9.40. The molecule has 0 saturated heterocycles. The van der Waals surface area contributed by atoms with Crippen LogP contribution in [0.3, 0.4) is 0 Å². The monoisotopic (exact) mass is 336 g/mol. The fourth-order valence-electron chi connectivity index (χ4n) is 2.01. The van der Waals surface area contributed by atoms with Crippen LogP contribution < -0.4 is 5.32 Å². The number of hydrogen-bond acceptors (Lipinski definition) is 3. The topological polar surface area (TPSA) is 55.1 Å². The first-order valence-electron chi connectivity index (χ1n) is 6.42. The maximum absolute atomic E-state index is 12.3. The first kappa shape index (κ1) is 14.8. The third-order valence-electron chi connectivity index (χ3n) is 3.07. The molecule has 0 spiro atoms. The summed E-state index contributed by atoms with van der Waals surface area (Å²) in [5.41, 5.74) is 3.39. The molecular formula is C15H17BrN2O2. The summed E-state index contributed by atoms with van der Waals surface area (Å²) in [5, 5.41) is 2.91. The van der Waals surface area contributed by atoms with Gasteiger partial charge in [0.15, 0.2) is 5.76 Å². The third kappa shape index (κ3) is 2.93. The lowest BCUT2D eigenvalue weighted by atomic mass is 10.0. The lowest BCUT2D eigenvalue weighted by Gasteiger charge is -2.15. The highest BCUT2D eigenvalue weighted by Gasteiger charge is 2.18. The minimum atomic E-state index is -0.248. The molecule has 0 aliphatic carbocycles. The number of aromatic nitrogens is 1. The van der Waals surface area contributed by atoms with Crippen LogP contribution in [0, 0.1) is 13.8 Å². The van der Waals surface area contributed by atoms with Crippen molar-refractivity contribution in [3.63, 3.8) is 0 Å². The van der Waals surface area contributed by atoms with Crippen molar-refractivity contribution in [3.8, 4) is 0 Å². The van der Waals surface area contributed by atoms with E-state index in [4.69, 9.17) is 4.42 Å². The molecule has 5 heteroatoms. The number of carbonyl (C=O) groups excluding carboxylic acids is 1. The van der Waals surface area contributed by atoms with Gasteiger partial charge in [0.25, 0.3) is 5.91 Å². The van der Waals surface area contributed by atoms with Gasteiger partial charge in [0.1, 0.15) is 4.60 Å². The van der Waals surface area contributed by atoms with Gasteiger partial charge in [-0.05, 0) is 53.4 Å². The molecule has 0 radical (unpaired) electrons. The standard InChI is InChI=1S/C15H17BrN2O2/c1-8(2)12-13(10(4)7-11(16)17-12)18-15(19)14-9(3)5-6-20-14/h5-8H,1-4H3,(H,18,19). The molecule has 1 amide bonds. The molecule has 0 fully saturated rings. The number of anilines is 1. The minimum absolute atomic E-state index is 0.208. The molecule has 2 aromatic heterocycles. The number of aryl methyl sites for hydroxylation is 2. The molecular weight excluding hydrogens is 320 g/mol. The van der Waals surface area contributed by atoms with Gasteiger partial charge in [0.05, 0.1) is 17.6 Å². The zero-order valence-corrected chi connectivity index (χ0v) is 13.5. The second-order valence-corrected chi connectivity index (χ2v) is 5.88. The Labute approximate surface area is 126 Å². The largest absolute Gasteiger partial charge is 0.459 e. The Kier molecular flexibility index (Phi) is 4.28. The molecule has 0 bridgehead atoms. The van der Waals surface area contributed by atoms with Crippen molar-refractivity contribution in [1.82, 2.24) is 4.98 Å². The van der Waals surface area contributed by atoms with E-state index in [1.807, 2.05) is 33.8 Å². The number of furan rings is 1. The smallest absolute Gasteiger partial charge is 0.291 e. The fourth-order valence-corrected chi connectivity index (χ4v) is 2.55. The van der Waals surface area contributed by atoms with Gasteiger partial charge in [-0.3, -0.25) is 4.79 Å². The van der Waals surface area contributed by atoms with Gasteiger partial charge in [0.2, 0.25) is 0 Å². The average Bonchev–Trinajstić information content (AvgIpc) is 2.78. The maximum Gasteiger partial charge on any atom is 0.291 e. The zero-order chi connectivity index (χ0) is 14.9. The number of rotatable bonds is 3. The van der Waals surface area contributed by atoms with Crippen LogP contribution in [0.1, 0.15) is 47.1 Å². The Morgan fingerprint density at radius 3 is 2.60 bits per heavy atom. The molecule has 0 unspecified atom stereocenters. The molecule has 2 rings (SSSR count). The highest BCUT2D eigenvalue weighted by Crippen LogP contribution is 2.29. The van der Waals surface area contributed by atoms with E-state index in [0.29, 0.717) is 5.76 Å². The summed E-state index contributed by atoms with van der Waals surface area (Å²) < 4.78 is 5.99. The summed E-state index contributed by atoms with van der Waals surface area (Å²) in [6.45, 7) is 7.88. The number of hydrogen-bond donors (Lipinski definition) is 1. The van der Waals surface area contributed by atoms with Crippen molar-refractivity contribution in [1.29, 1.82) is 0 Å². The summed E-state index contributed by atoms with van der Waals surface area (Å²) >= 11 is 3.39. The van der Waals surface area contributed by atoms with Crippen LogP contribution in [0.4, 0.5) is 5.69 Å². The molecule has 2 aromatic rings. The maximum atomic E-state index is 12.3. The molecule has 0 aliphatic heterocycles. The van der Waals surface area contributed by atoms with Crippen LogP contribution in [0.15, 0.2) is 27.4 Å². The molecule has 2 heterocycles. The van der Waals surface area contributed by atoms with Gasteiger partial charge in [-0.2, -0.15) is 0 Å². The Balaban J connectivity index is 2.39. The van der Waals surface area contributed by atoms with Crippen LogP contribution in [0.25, 0.3) is 0 Å². The van der Waals surface area contributed by atoms with E-state index < -0.39 is 0 Å². The molecule has 0 atom stereocenters. The van der Waals surface area contributed by atoms with Crippen LogP contribution in [-0.4, -0.2) is 10.9 Å². The van der Waals surface area contributed by atoms with Gasteiger partial charge < -0.3 is 9.73 Å². The summed E-state index contributed by atoms with van der Waals surface area (Å²) in [5.74, 6) is 0.294. The second kappa shape index (κ2) is 5.79. The second-order valence-electron chi connectivity index (χ2n) is 5.06. The van der Waals surface area contributed by atoms with E-state index in [1.165, 1.54) is 6.26 Å². The van der Waals surface area contributed by atoms with Crippen molar-refractivity contribution in [2.45, 2.75) is 33.6 Å². The predicted octanol–water partition coefficient (Wildman–Crippen LogP) is 4.43. The van der Waals surface area contributed by atoms with Crippen LogP contribution in [0.2, 0.25) is 0 Å². The SMILES string of the molecule is Cc1ccoc1C(=O)Nc1c(C)cc(Br)nc1C(C)C. The summed E-state index contributed by atoms with van der Waals surface area (Å²) in [4.78, 5) is 16.7. The molecule has 1 N–H and O–H groups in total. The number of pyridine rings is 1. The summed E-state index contributed by atoms with van der Waals surface area (Å²) in [6.07, 6.45) is 1.51. The molecule has 0 aromatic carbocycles. The van der Waals surface area contributed by atoms with Gasteiger partial charge in [-0.25, -0.2) is 4.98 Å². The van der Waals surface area contributed by atoms with E-state index in [9.17, 15) is 4.79 Å². The van der Waals surface area contributed by atoms with E-state index in [1.54, 1.807) is 6.07 Å². The lowest BCUT2D eigenvalue weighted by molar-refractivity contribution is 0.0995. The van der Waals surface area contributed by atoms with Crippen molar-refractivity contribution in [3.05, 3.63) is 45.6 Å². The molecule has 106 valence electrons. The highest BCUT2D eigenvalue weighted by molar-refractivity contribution is 9.10. The van der Waals surface area contributed by atoms with Crippen LogP contribution in [0.5, 0.6) is 0 Å². The molecule has 20 heavy (non-hydrogen) atoms. The van der Waals surface area contributed by atoms with Crippen LogP contribution in [-0.2, 0) is 0 Å². The van der Waals surface area contributed by atoms with E-state index in [-0.39, 0.29) is 11.8 Å². The van der Waals surface area contributed by atoms with E-state index in [2.05, 4.69) is 26.2 Å². The number of nitrogens with one attached hydrogen (secondary N) is 1. The number of halogens is 1. The molecule has 0 saturated carbocycles. The third-order valence-corrected chi connectivity index (χ3v) is 3.47. The first-order valence-corrected chi connectivity index (χ1v) is 7.22. The van der Waals surface area contributed by atoms with Crippen molar-refractivity contribution >= 4 is 27.5 Å². The van der Waals surface area contributed by atoms with Gasteiger partial charge >= 0.3 is 0 Å². The number of amides is 1. The number of nitrogens with zero attached hydrogens (tertiary/aromatic N) is 1. The number of carbonyl (C=O) groups is 1. The normalized spacial score (nSPS) is 10.9. The Bertz CT molecular complexity index is 647. The van der Waals surface area contributed by atoms with Gasteiger partial charge in [0, 0.05) is 5.56 Å². The summed E-state index contributed by atoms with van der Waals surface area (Å²) in [7, 11) is 0.